The largest absolute Gasteiger partial charge is 0.385 e. The van der Waals surface area contributed by atoms with Crippen molar-refractivity contribution in [1.29, 1.82) is 0 Å². The molecule has 164 valence electrons. The number of carbonyl (C=O) groups excluding carboxylic acids is 1. The molecule has 0 atom stereocenters. The zero-order valence-corrected chi connectivity index (χ0v) is 18.0. The fraction of sp³-hybridized carbons (Fsp3) is 0.182. The van der Waals surface area contributed by atoms with Crippen LogP contribution in [0, 0.1) is 10.6 Å². The highest BCUT2D eigenvalue weighted by Gasteiger charge is 2.12. The molecule has 2 heterocycles. The number of aromatic amines is 1. The van der Waals surface area contributed by atoms with Crippen LogP contribution in [0.1, 0.15) is 16.8 Å². The highest BCUT2D eigenvalue weighted by Crippen LogP contribution is 2.19. The molecule has 4 rings (SSSR count). The normalized spacial score (nSPS) is 11.1. The summed E-state index contributed by atoms with van der Waals surface area (Å²) in [5, 5.41) is 3.09. The minimum absolute atomic E-state index is 0.232. The second-order valence-electron chi connectivity index (χ2n) is 7.08. The molecule has 0 aliphatic rings. The Bertz CT molecular complexity index is 1400. The Kier molecular flexibility index (Phi) is 6.24. The molecule has 0 unspecified atom stereocenters. The first kappa shape index (κ1) is 21.6. The van der Waals surface area contributed by atoms with Gasteiger partial charge in [0.2, 0.25) is 0 Å². The van der Waals surface area contributed by atoms with Crippen LogP contribution in [0.15, 0.2) is 59.9 Å². The molecule has 8 nitrogen and oxygen atoms in total. The van der Waals surface area contributed by atoms with Crippen LogP contribution >= 0.6 is 12.2 Å². The standard InChI is InChI=1S/C22H20FN5O3S/c1-31-10-2-8-28-21(30)16-5-3-14(11-18(16)26-22(28)32)20(29)25-15-4-6-19(17(23)12-15)27-9-7-24-13-27/h3-7,9,11-13H,2,8,10H2,1H3,(H,25,29)(H,26,32). The van der Waals surface area contributed by atoms with E-state index in [1.54, 1.807) is 49.8 Å². The predicted molar refractivity (Wildman–Crippen MR) is 121 cm³/mol. The number of benzene rings is 2. The molecule has 32 heavy (non-hydrogen) atoms. The van der Waals surface area contributed by atoms with Gasteiger partial charge >= 0.3 is 0 Å². The quantitative estimate of drug-likeness (QED) is 0.329. The van der Waals surface area contributed by atoms with Gasteiger partial charge < -0.3 is 19.6 Å². The van der Waals surface area contributed by atoms with E-state index in [0.29, 0.717) is 47.4 Å². The van der Waals surface area contributed by atoms with Gasteiger partial charge in [0.15, 0.2) is 4.77 Å². The third-order valence-corrected chi connectivity index (χ3v) is 5.28. The molecule has 0 saturated carbocycles. The highest BCUT2D eigenvalue weighted by atomic mass is 32.1. The van der Waals surface area contributed by atoms with Crippen LogP contribution in [0.5, 0.6) is 0 Å². The van der Waals surface area contributed by atoms with E-state index in [1.165, 1.54) is 21.5 Å². The first-order chi connectivity index (χ1) is 15.5. The summed E-state index contributed by atoms with van der Waals surface area (Å²) in [6.45, 7) is 0.947. The van der Waals surface area contributed by atoms with Crippen LogP contribution in [0.3, 0.4) is 0 Å². The molecule has 0 spiro atoms. The number of hydrogen-bond acceptors (Lipinski definition) is 5. The van der Waals surface area contributed by atoms with Crippen molar-refractivity contribution in [1.82, 2.24) is 19.1 Å². The Morgan fingerprint density at radius 1 is 1.28 bits per heavy atom. The number of methoxy groups -OCH3 is 1. The smallest absolute Gasteiger partial charge is 0.262 e. The third-order valence-electron chi connectivity index (χ3n) is 4.96. The van der Waals surface area contributed by atoms with Crippen LogP contribution in [-0.2, 0) is 11.3 Å². The Balaban J connectivity index is 1.58. The van der Waals surface area contributed by atoms with Crippen LogP contribution < -0.4 is 10.9 Å². The molecule has 1 amide bonds. The number of anilines is 1. The number of imidazole rings is 1. The Hall–Kier alpha value is -3.63. The van der Waals surface area contributed by atoms with Gasteiger partial charge in [0.25, 0.3) is 11.5 Å². The fourth-order valence-corrected chi connectivity index (χ4v) is 3.65. The number of H-pyrrole nitrogens is 1. The highest BCUT2D eigenvalue weighted by molar-refractivity contribution is 7.71. The van der Waals surface area contributed by atoms with Crippen molar-refractivity contribution in [3.05, 3.63) is 81.6 Å². The number of halogens is 1. The van der Waals surface area contributed by atoms with E-state index < -0.39 is 11.7 Å². The Morgan fingerprint density at radius 3 is 2.84 bits per heavy atom. The van der Waals surface area contributed by atoms with E-state index in [2.05, 4.69) is 15.3 Å². The molecule has 0 aliphatic carbocycles. The van der Waals surface area contributed by atoms with Gasteiger partial charge in [0, 0.05) is 43.9 Å². The average Bonchev–Trinajstić information content (AvgIpc) is 3.30. The Morgan fingerprint density at radius 2 is 2.12 bits per heavy atom. The van der Waals surface area contributed by atoms with Crippen molar-refractivity contribution in [2.24, 2.45) is 0 Å². The first-order valence-electron chi connectivity index (χ1n) is 9.83. The van der Waals surface area contributed by atoms with E-state index in [4.69, 9.17) is 17.0 Å². The molecule has 0 bridgehead atoms. The number of aromatic nitrogens is 4. The van der Waals surface area contributed by atoms with Crippen LogP contribution in [0.4, 0.5) is 10.1 Å². The zero-order chi connectivity index (χ0) is 22.7. The van der Waals surface area contributed by atoms with Crippen molar-refractivity contribution in [3.63, 3.8) is 0 Å². The summed E-state index contributed by atoms with van der Waals surface area (Å²) in [7, 11) is 1.60. The van der Waals surface area contributed by atoms with Gasteiger partial charge in [-0.25, -0.2) is 9.37 Å². The SMILES string of the molecule is COCCCn1c(=S)[nH]c2cc(C(=O)Nc3ccc(-n4ccnc4)c(F)c3)ccc2c1=O. The summed E-state index contributed by atoms with van der Waals surface area (Å²) in [6, 6.07) is 9.07. The monoisotopic (exact) mass is 453 g/mol. The number of rotatable bonds is 7. The summed E-state index contributed by atoms with van der Waals surface area (Å²) < 4.78 is 22.8. The first-order valence-corrected chi connectivity index (χ1v) is 10.2. The molecule has 2 aromatic carbocycles. The van der Waals surface area contributed by atoms with Gasteiger partial charge in [-0.15, -0.1) is 0 Å². The Labute approximate surface area is 187 Å². The minimum Gasteiger partial charge on any atom is -0.385 e. The van der Waals surface area contributed by atoms with Gasteiger partial charge in [0.05, 0.1) is 22.9 Å². The lowest BCUT2D eigenvalue weighted by atomic mass is 10.1. The topological polar surface area (TPSA) is 93.9 Å². The molecule has 2 aromatic heterocycles. The van der Waals surface area contributed by atoms with Crippen molar-refractivity contribution >= 4 is 34.7 Å². The lowest BCUT2D eigenvalue weighted by molar-refractivity contribution is 0.102. The number of fused-ring (bicyclic) bond motifs is 1. The number of amides is 1. The number of nitrogens with zero attached hydrogens (tertiary/aromatic N) is 3. The van der Waals surface area contributed by atoms with Gasteiger partial charge in [-0.1, -0.05) is 0 Å². The van der Waals surface area contributed by atoms with Crippen molar-refractivity contribution in [2.75, 3.05) is 19.0 Å². The van der Waals surface area contributed by atoms with Gasteiger partial charge in [0.1, 0.15) is 5.82 Å². The van der Waals surface area contributed by atoms with Crippen molar-refractivity contribution < 1.29 is 13.9 Å². The van der Waals surface area contributed by atoms with Crippen LogP contribution in [0.2, 0.25) is 0 Å². The lowest BCUT2D eigenvalue weighted by Gasteiger charge is -2.10. The number of hydrogen-bond donors (Lipinski definition) is 2. The molecule has 0 saturated heterocycles. The van der Waals surface area contributed by atoms with Crippen molar-refractivity contribution in [3.8, 4) is 5.69 Å². The van der Waals surface area contributed by atoms with E-state index in [1.807, 2.05) is 0 Å². The summed E-state index contributed by atoms with van der Waals surface area (Å²) in [5.74, 6) is -0.942. The zero-order valence-electron chi connectivity index (χ0n) is 17.2. The van der Waals surface area contributed by atoms with E-state index in [9.17, 15) is 14.0 Å². The molecule has 0 fully saturated rings. The van der Waals surface area contributed by atoms with E-state index in [0.717, 1.165) is 0 Å². The lowest BCUT2D eigenvalue weighted by Crippen LogP contribution is -2.23. The minimum atomic E-state index is -0.502. The van der Waals surface area contributed by atoms with E-state index >= 15 is 0 Å². The number of carbonyl (C=O) groups is 1. The summed E-state index contributed by atoms with van der Waals surface area (Å²) >= 11 is 5.31. The third kappa shape index (κ3) is 4.36. The summed E-state index contributed by atoms with van der Waals surface area (Å²) in [4.78, 5) is 32.4. The fourth-order valence-electron chi connectivity index (χ4n) is 3.36. The molecule has 0 radical (unpaired) electrons. The number of ether oxygens (including phenoxy) is 1. The van der Waals surface area contributed by atoms with Gasteiger partial charge in [-0.2, -0.15) is 0 Å². The molecule has 0 aliphatic heterocycles. The maximum Gasteiger partial charge on any atom is 0.262 e. The second-order valence-corrected chi connectivity index (χ2v) is 7.47. The maximum absolute atomic E-state index is 14.5. The van der Waals surface area contributed by atoms with E-state index in [-0.39, 0.29) is 10.3 Å². The van der Waals surface area contributed by atoms with Crippen LogP contribution in [0.25, 0.3) is 16.6 Å². The molecular weight excluding hydrogens is 433 g/mol. The summed E-state index contributed by atoms with van der Waals surface area (Å²) in [6.07, 6.45) is 5.31. The molecule has 2 N–H and O–H groups in total. The average molecular weight is 453 g/mol. The predicted octanol–water partition coefficient (Wildman–Crippen LogP) is 3.67. The molecule has 10 heteroatoms. The molecule has 4 aromatic rings. The van der Waals surface area contributed by atoms with Crippen LogP contribution in [-0.4, -0.2) is 38.7 Å². The second kappa shape index (κ2) is 9.25. The number of nitrogens with one attached hydrogen (secondary N) is 2. The van der Waals surface area contributed by atoms with Gasteiger partial charge in [-0.05, 0) is 55.0 Å². The summed E-state index contributed by atoms with van der Waals surface area (Å²) in [5.41, 5.74) is 1.15. The molecular formula is C22H20FN5O3S. The maximum atomic E-state index is 14.5. The van der Waals surface area contributed by atoms with Gasteiger partial charge in [-0.3, -0.25) is 14.2 Å². The van der Waals surface area contributed by atoms with Crippen molar-refractivity contribution in [2.45, 2.75) is 13.0 Å².